The van der Waals surface area contributed by atoms with E-state index in [2.05, 4.69) is 20.5 Å². The Bertz CT molecular complexity index is 752. The molecule has 1 saturated heterocycles. The lowest BCUT2D eigenvalue weighted by molar-refractivity contribution is -0.140. The van der Waals surface area contributed by atoms with Crippen molar-refractivity contribution in [3.63, 3.8) is 0 Å². The highest BCUT2D eigenvalue weighted by molar-refractivity contribution is 6.35. The number of rotatable bonds is 3. The molecule has 0 unspecified atom stereocenters. The fourth-order valence-corrected chi connectivity index (χ4v) is 3.04. The average molecular weight is 358 g/mol. The van der Waals surface area contributed by atoms with Gasteiger partial charge in [-0.05, 0) is 51.7 Å². The smallest absolute Gasteiger partial charge is 0.309 e. The first-order valence-corrected chi connectivity index (χ1v) is 9.03. The zero-order chi connectivity index (χ0) is 18.7. The van der Waals surface area contributed by atoms with Gasteiger partial charge in [0.05, 0.1) is 0 Å². The lowest BCUT2D eigenvalue weighted by atomic mass is 9.97. The highest BCUT2D eigenvalue weighted by Gasteiger charge is 2.25. The molecule has 2 heterocycles. The van der Waals surface area contributed by atoms with Crippen molar-refractivity contribution in [3.8, 4) is 0 Å². The van der Waals surface area contributed by atoms with Crippen LogP contribution in [-0.2, 0) is 9.59 Å². The highest BCUT2D eigenvalue weighted by Crippen LogP contribution is 2.26. The van der Waals surface area contributed by atoms with Crippen LogP contribution in [0.2, 0.25) is 0 Å². The van der Waals surface area contributed by atoms with E-state index in [1.165, 1.54) is 0 Å². The van der Waals surface area contributed by atoms with Crippen LogP contribution in [0.3, 0.4) is 0 Å². The van der Waals surface area contributed by atoms with Gasteiger partial charge in [-0.3, -0.25) is 9.59 Å². The van der Waals surface area contributed by atoms with Crippen LogP contribution in [0.15, 0.2) is 28.7 Å². The van der Waals surface area contributed by atoms with Gasteiger partial charge in [-0.1, -0.05) is 12.1 Å². The van der Waals surface area contributed by atoms with Gasteiger partial charge in [-0.2, -0.15) is 4.98 Å². The van der Waals surface area contributed by atoms with Crippen molar-refractivity contribution < 1.29 is 14.0 Å². The zero-order valence-electron chi connectivity index (χ0n) is 15.5. The van der Waals surface area contributed by atoms with Crippen molar-refractivity contribution in [2.24, 2.45) is 5.92 Å². The number of amides is 2. The molecule has 0 spiro atoms. The fourth-order valence-electron chi connectivity index (χ4n) is 3.04. The molecule has 1 aliphatic rings. The number of fused-ring (bicyclic) bond motifs is 1. The molecular weight excluding hydrogens is 332 g/mol. The van der Waals surface area contributed by atoms with E-state index in [0.29, 0.717) is 18.5 Å². The second-order valence-corrected chi connectivity index (χ2v) is 7.81. The largest absolute Gasteiger partial charge is 0.423 e. The lowest BCUT2D eigenvalue weighted by Crippen LogP contribution is -2.49. The number of piperidine rings is 1. The van der Waals surface area contributed by atoms with Crippen LogP contribution in [0.4, 0.5) is 6.01 Å². The Morgan fingerprint density at radius 1 is 1.19 bits per heavy atom. The molecule has 0 bridgehead atoms. The van der Waals surface area contributed by atoms with Crippen LogP contribution in [0.5, 0.6) is 0 Å². The van der Waals surface area contributed by atoms with E-state index in [-0.39, 0.29) is 0 Å². The second kappa shape index (κ2) is 7.35. The molecule has 7 nitrogen and oxygen atoms in total. The van der Waals surface area contributed by atoms with E-state index in [0.717, 1.165) is 37.0 Å². The van der Waals surface area contributed by atoms with Gasteiger partial charge in [0.1, 0.15) is 5.52 Å². The molecule has 7 heteroatoms. The molecule has 2 N–H and O–H groups in total. The lowest BCUT2D eigenvalue weighted by Gasteiger charge is -2.30. The summed E-state index contributed by atoms with van der Waals surface area (Å²) in [4.78, 5) is 30.4. The average Bonchev–Trinajstić information content (AvgIpc) is 3.02. The predicted molar refractivity (Wildman–Crippen MR) is 99.9 cm³/mol. The van der Waals surface area contributed by atoms with E-state index < -0.39 is 17.4 Å². The number of nitrogens with zero attached hydrogens (tertiary/aromatic N) is 2. The first-order valence-electron chi connectivity index (χ1n) is 9.03. The number of hydrogen-bond donors (Lipinski definition) is 2. The summed E-state index contributed by atoms with van der Waals surface area (Å²) in [6.45, 7) is 7.70. The molecule has 1 fully saturated rings. The third-order valence-electron chi connectivity index (χ3n) is 4.41. The Morgan fingerprint density at radius 3 is 2.54 bits per heavy atom. The SMILES string of the molecule is CC(C)(C)NC(=O)C(=O)NCC1CCN(c2nc3ccccc3o2)CC1. The summed E-state index contributed by atoms with van der Waals surface area (Å²) in [5.41, 5.74) is 1.24. The van der Waals surface area contributed by atoms with Crippen LogP contribution in [0, 0.1) is 5.92 Å². The molecule has 3 rings (SSSR count). The minimum atomic E-state index is -0.582. The summed E-state index contributed by atoms with van der Waals surface area (Å²) in [5.74, 6) is -0.801. The van der Waals surface area contributed by atoms with Gasteiger partial charge >= 0.3 is 11.8 Å². The summed E-state index contributed by atoms with van der Waals surface area (Å²) in [5, 5.41) is 5.41. The number of nitrogens with one attached hydrogen (secondary N) is 2. The number of carbonyl (C=O) groups excluding carboxylic acids is 2. The molecule has 0 saturated carbocycles. The molecule has 1 aliphatic heterocycles. The molecule has 2 aromatic rings. The molecule has 140 valence electrons. The van der Waals surface area contributed by atoms with Crippen LogP contribution < -0.4 is 15.5 Å². The van der Waals surface area contributed by atoms with E-state index in [1.807, 2.05) is 45.0 Å². The quantitative estimate of drug-likeness (QED) is 0.820. The van der Waals surface area contributed by atoms with Crippen molar-refractivity contribution in [1.29, 1.82) is 0 Å². The van der Waals surface area contributed by atoms with Crippen molar-refractivity contribution >= 4 is 28.9 Å². The minimum Gasteiger partial charge on any atom is -0.423 e. The first kappa shape index (κ1) is 18.2. The number of oxazole rings is 1. The second-order valence-electron chi connectivity index (χ2n) is 7.81. The summed E-state index contributed by atoms with van der Waals surface area (Å²) < 4.78 is 5.81. The maximum absolute atomic E-state index is 11.9. The highest BCUT2D eigenvalue weighted by atomic mass is 16.4. The van der Waals surface area contributed by atoms with Gasteiger partial charge in [0, 0.05) is 25.2 Å². The minimum absolute atomic E-state index is 0.349. The van der Waals surface area contributed by atoms with Gasteiger partial charge in [0.15, 0.2) is 5.58 Å². The molecule has 1 aromatic carbocycles. The molecular formula is C19H26N4O3. The molecule has 0 atom stereocenters. The summed E-state index contributed by atoms with van der Waals surface area (Å²) in [6, 6.07) is 8.38. The van der Waals surface area contributed by atoms with Gasteiger partial charge in [-0.15, -0.1) is 0 Å². The fraction of sp³-hybridized carbons (Fsp3) is 0.526. The molecule has 2 amide bonds. The number of para-hydroxylation sites is 2. The van der Waals surface area contributed by atoms with Crippen LogP contribution in [-0.4, -0.2) is 42.0 Å². The summed E-state index contributed by atoms with van der Waals surface area (Å²) in [6.07, 6.45) is 1.83. The van der Waals surface area contributed by atoms with Gasteiger partial charge in [-0.25, -0.2) is 0 Å². The maximum atomic E-state index is 11.9. The first-order chi connectivity index (χ1) is 12.3. The number of anilines is 1. The van der Waals surface area contributed by atoms with Crippen LogP contribution >= 0.6 is 0 Å². The Labute approximate surface area is 153 Å². The van der Waals surface area contributed by atoms with Crippen molar-refractivity contribution in [2.45, 2.75) is 39.2 Å². The summed E-state index contributed by atoms with van der Waals surface area (Å²) in [7, 11) is 0. The number of carbonyl (C=O) groups is 2. The van der Waals surface area contributed by atoms with Gasteiger partial charge in [0.2, 0.25) is 0 Å². The maximum Gasteiger partial charge on any atom is 0.309 e. The van der Waals surface area contributed by atoms with Gasteiger partial charge in [0.25, 0.3) is 6.01 Å². The van der Waals surface area contributed by atoms with Crippen LogP contribution in [0.1, 0.15) is 33.6 Å². The van der Waals surface area contributed by atoms with Crippen molar-refractivity contribution in [2.75, 3.05) is 24.5 Å². The van der Waals surface area contributed by atoms with E-state index in [1.54, 1.807) is 0 Å². The molecule has 0 aliphatic carbocycles. The molecule has 0 radical (unpaired) electrons. The van der Waals surface area contributed by atoms with Gasteiger partial charge < -0.3 is 20.0 Å². The van der Waals surface area contributed by atoms with Crippen molar-refractivity contribution in [3.05, 3.63) is 24.3 Å². The Kier molecular flexibility index (Phi) is 5.15. The molecule has 1 aromatic heterocycles. The van der Waals surface area contributed by atoms with E-state index in [4.69, 9.17) is 4.42 Å². The predicted octanol–water partition coefficient (Wildman–Crippen LogP) is 2.08. The Balaban J connectivity index is 1.46. The third-order valence-corrected chi connectivity index (χ3v) is 4.41. The van der Waals surface area contributed by atoms with E-state index >= 15 is 0 Å². The number of hydrogen-bond acceptors (Lipinski definition) is 5. The number of benzene rings is 1. The molecule has 26 heavy (non-hydrogen) atoms. The number of aromatic nitrogens is 1. The normalized spacial score (nSPS) is 15.9. The summed E-state index contributed by atoms with van der Waals surface area (Å²) >= 11 is 0. The van der Waals surface area contributed by atoms with Crippen molar-refractivity contribution in [1.82, 2.24) is 15.6 Å². The standard InChI is InChI=1S/C19H26N4O3/c1-19(2,3)22-17(25)16(24)20-12-13-8-10-23(11-9-13)18-21-14-6-4-5-7-15(14)26-18/h4-7,13H,8-12H2,1-3H3,(H,20,24)(H,22,25). The topological polar surface area (TPSA) is 87.5 Å². The Hall–Kier alpha value is -2.57. The zero-order valence-corrected chi connectivity index (χ0v) is 15.5. The third kappa shape index (κ3) is 4.53. The monoisotopic (exact) mass is 358 g/mol. The van der Waals surface area contributed by atoms with E-state index in [9.17, 15) is 9.59 Å². The Morgan fingerprint density at radius 2 is 1.88 bits per heavy atom. The van der Waals surface area contributed by atoms with Crippen LogP contribution in [0.25, 0.3) is 11.1 Å².